The van der Waals surface area contributed by atoms with Crippen molar-refractivity contribution in [1.82, 2.24) is 0 Å². The number of nitrogens with one attached hydrogen (secondary N) is 2. The van der Waals surface area contributed by atoms with Crippen LogP contribution in [0.3, 0.4) is 0 Å². The number of hydrogen-bond donors (Lipinski definition) is 2. The average Bonchev–Trinajstić information content (AvgIpc) is 2.81. The smallest absolute Gasteiger partial charge is 0.416 e. The van der Waals surface area contributed by atoms with E-state index in [4.69, 9.17) is 21.1 Å². The molecule has 7 nitrogen and oxygen atoms in total. The van der Waals surface area contributed by atoms with E-state index in [0.717, 1.165) is 12.1 Å². The maximum Gasteiger partial charge on any atom is 0.416 e. The van der Waals surface area contributed by atoms with Crippen LogP contribution in [0.1, 0.15) is 11.1 Å². The van der Waals surface area contributed by atoms with Gasteiger partial charge in [-0.05, 0) is 60.7 Å². The normalized spacial score (nSPS) is 12.1. The zero-order chi connectivity index (χ0) is 28.3. The quantitative estimate of drug-likeness (QED) is 0.308. The molecule has 0 saturated heterocycles. The summed E-state index contributed by atoms with van der Waals surface area (Å²) >= 11 is 5.98. The molecule has 0 aliphatic heterocycles. The van der Waals surface area contributed by atoms with Gasteiger partial charge in [0.15, 0.2) is 6.61 Å². The van der Waals surface area contributed by atoms with Crippen molar-refractivity contribution in [3.8, 4) is 11.5 Å². The number of rotatable bonds is 8. The van der Waals surface area contributed by atoms with E-state index in [-0.39, 0.29) is 27.4 Å². The van der Waals surface area contributed by atoms with Gasteiger partial charge in [0.2, 0.25) is 0 Å². The van der Waals surface area contributed by atoms with Crippen LogP contribution in [0.2, 0.25) is 5.02 Å². The molecule has 0 unspecified atom stereocenters. The van der Waals surface area contributed by atoms with Gasteiger partial charge in [-0.2, -0.15) is 26.3 Å². The number of anilines is 2. The first-order valence-electron chi connectivity index (χ1n) is 10.3. The molecule has 0 atom stereocenters. The zero-order valence-corrected chi connectivity index (χ0v) is 20.6. The maximum absolute atomic E-state index is 13.0. The Morgan fingerprint density at radius 2 is 1.45 bits per heavy atom. The molecule has 38 heavy (non-hydrogen) atoms. The largest absolute Gasteiger partial charge is 0.495 e. The second-order valence-corrected chi connectivity index (χ2v) is 9.65. The molecule has 0 saturated carbocycles. The van der Waals surface area contributed by atoms with Gasteiger partial charge in [0.1, 0.15) is 11.5 Å². The number of hydrogen-bond acceptors (Lipinski definition) is 5. The predicted molar refractivity (Wildman–Crippen MR) is 126 cm³/mol. The molecule has 0 aliphatic carbocycles. The summed E-state index contributed by atoms with van der Waals surface area (Å²) in [6.45, 7) is -0.785. The molecule has 1 amide bonds. The Morgan fingerprint density at radius 1 is 0.868 bits per heavy atom. The minimum Gasteiger partial charge on any atom is -0.495 e. The summed E-state index contributed by atoms with van der Waals surface area (Å²) in [6, 6.07) is 9.60. The summed E-state index contributed by atoms with van der Waals surface area (Å²) in [5, 5.41) is 2.10. The fourth-order valence-electron chi connectivity index (χ4n) is 3.03. The molecule has 3 aromatic rings. The van der Waals surface area contributed by atoms with Crippen LogP contribution in [0.25, 0.3) is 0 Å². The Hall–Kier alpha value is -3.65. The molecule has 0 aliphatic rings. The number of carbonyl (C=O) groups excluding carboxylic acids is 1. The van der Waals surface area contributed by atoms with Gasteiger partial charge in [0.05, 0.1) is 33.8 Å². The number of carbonyl (C=O) groups is 1. The SMILES string of the molecule is COc1ccc(NS(=O)(=O)c2ccc(OCC(=O)Nc3cc(C(F)(F)F)cc(C(F)(F)F)c3)cc2)cc1Cl. The maximum atomic E-state index is 13.0. The highest BCUT2D eigenvalue weighted by molar-refractivity contribution is 7.92. The molecule has 0 heterocycles. The Kier molecular flexibility index (Phi) is 8.36. The van der Waals surface area contributed by atoms with Gasteiger partial charge in [-0.1, -0.05) is 11.6 Å². The van der Waals surface area contributed by atoms with E-state index in [1.807, 2.05) is 5.32 Å². The number of amides is 1. The Morgan fingerprint density at radius 3 is 1.95 bits per heavy atom. The van der Waals surface area contributed by atoms with Crippen LogP contribution in [0.5, 0.6) is 11.5 Å². The van der Waals surface area contributed by atoms with Crippen LogP contribution >= 0.6 is 11.6 Å². The van der Waals surface area contributed by atoms with Crippen molar-refractivity contribution < 1.29 is 49.0 Å². The van der Waals surface area contributed by atoms with Crippen molar-refractivity contribution in [2.45, 2.75) is 17.2 Å². The van der Waals surface area contributed by atoms with Crippen LogP contribution in [0, 0.1) is 0 Å². The lowest BCUT2D eigenvalue weighted by atomic mass is 10.1. The van der Waals surface area contributed by atoms with Crippen molar-refractivity contribution in [2.24, 2.45) is 0 Å². The van der Waals surface area contributed by atoms with Gasteiger partial charge in [-0.15, -0.1) is 0 Å². The molecule has 0 aromatic heterocycles. The first kappa shape index (κ1) is 28.9. The van der Waals surface area contributed by atoms with Gasteiger partial charge in [0.25, 0.3) is 15.9 Å². The summed E-state index contributed by atoms with van der Waals surface area (Å²) in [7, 11) is -2.64. The summed E-state index contributed by atoms with van der Waals surface area (Å²) in [6.07, 6.45) is -10.2. The standard InChI is InChI=1S/C23H17ClF6N2O5S/c1-36-20-7-2-15(11-19(20)24)32-38(34,35)18-5-3-17(4-6-18)37-12-21(33)31-16-9-13(22(25,26)27)8-14(10-16)23(28,29)30/h2-11,32H,12H2,1H3,(H,31,33). The summed E-state index contributed by atoms with van der Waals surface area (Å²) in [4.78, 5) is 11.9. The lowest BCUT2D eigenvalue weighted by molar-refractivity contribution is -0.143. The third-order valence-electron chi connectivity index (χ3n) is 4.78. The number of sulfonamides is 1. The van der Waals surface area contributed by atoms with Crippen molar-refractivity contribution in [1.29, 1.82) is 0 Å². The van der Waals surface area contributed by atoms with E-state index in [9.17, 15) is 39.6 Å². The summed E-state index contributed by atoms with van der Waals surface area (Å²) < 4.78 is 115. The molecule has 3 rings (SSSR count). The third kappa shape index (κ3) is 7.44. The Labute approximate surface area is 217 Å². The molecule has 3 aromatic carbocycles. The molecular formula is C23H17ClF6N2O5S. The number of benzene rings is 3. The van der Waals surface area contributed by atoms with E-state index in [0.29, 0.717) is 17.9 Å². The van der Waals surface area contributed by atoms with Crippen LogP contribution in [0.15, 0.2) is 65.6 Å². The van der Waals surface area contributed by atoms with E-state index in [2.05, 4.69) is 4.72 Å². The third-order valence-corrected chi connectivity index (χ3v) is 6.47. The molecule has 0 fully saturated rings. The monoisotopic (exact) mass is 582 g/mol. The van der Waals surface area contributed by atoms with Crippen LogP contribution in [-0.4, -0.2) is 28.0 Å². The fraction of sp³-hybridized carbons (Fsp3) is 0.174. The molecule has 2 N–H and O–H groups in total. The van der Waals surface area contributed by atoms with Gasteiger partial charge in [-0.25, -0.2) is 8.42 Å². The first-order valence-corrected chi connectivity index (χ1v) is 12.1. The molecule has 0 radical (unpaired) electrons. The van der Waals surface area contributed by atoms with Crippen LogP contribution in [-0.2, 0) is 27.2 Å². The minimum absolute atomic E-state index is 0.00612. The second-order valence-electron chi connectivity index (χ2n) is 7.56. The minimum atomic E-state index is -5.08. The lowest BCUT2D eigenvalue weighted by Crippen LogP contribution is -2.21. The topological polar surface area (TPSA) is 93.7 Å². The average molecular weight is 583 g/mol. The Bertz CT molecular complexity index is 1400. The highest BCUT2D eigenvalue weighted by atomic mass is 35.5. The highest BCUT2D eigenvalue weighted by Crippen LogP contribution is 2.37. The molecule has 0 spiro atoms. The zero-order valence-electron chi connectivity index (χ0n) is 19.1. The summed E-state index contributed by atoms with van der Waals surface area (Å²) in [5.41, 5.74) is -3.75. The Balaban J connectivity index is 1.65. The second kappa shape index (κ2) is 11.0. The van der Waals surface area contributed by atoms with E-state index in [1.54, 1.807) is 0 Å². The molecule has 15 heteroatoms. The molecule has 204 valence electrons. The van der Waals surface area contributed by atoms with Crippen molar-refractivity contribution in [3.63, 3.8) is 0 Å². The lowest BCUT2D eigenvalue weighted by Gasteiger charge is -2.15. The van der Waals surface area contributed by atoms with Crippen molar-refractivity contribution in [2.75, 3.05) is 23.8 Å². The van der Waals surface area contributed by atoms with E-state index >= 15 is 0 Å². The predicted octanol–water partition coefficient (Wildman–Crippen LogP) is 6.20. The summed E-state index contributed by atoms with van der Waals surface area (Å²) in [5.74, 6) is -0.701. The van der Waals surface area contributed by atoms with Crippen molar-refractivity contribution >= 4 is 38.9 Å². The number of alkyl halides is 6. The van der Waals surface area contributed by atoms with Gasteiger partial charge in [-0.3, -0.25) is 9.52 Å². The van der Waals surface area contributed by atoms with Gasteiger partial charge in [0, 0.05) is 5.69 Å². The van der Waals surface area contributed by atoms with Crippen LogP contribution < -0.4 is 19.5 Å². The number of ether oxygens (including phenoxy) is 2. The van der Waals surface area contributed by atoms with Crippen molar-refractivity contribution in [3.05, 3.63) is 76.8 Å². The first-order chi connectivity index (χ1) is 17.6. The molecule has 0 bridgehead atoms. The number of halogens is 7. The van der Waals surface area contributed by atoms with E-state index in [1.165, 1.54) is 37.4 Å². The fourth-order valence-corrected chi connectivity index (χ4v) is 4.34. The molecular weight excluding hydrogens is 566 g/mol. The highest BCUT2D eigenvalue weighted by Gasteiger charge is 2.37. The van der Waals surface area contributed by atoms with E-state index < -0.39 is 51.7 Å². The number of methoxy groups -OCH3 is 1. The van der Waals surface area contributed by atoms with Crippen LogP contribution in [0.4, 0.5) is 37.7 Å². The van der Waals surface area contributed by atoms with Gasteiger partial charge >= 0.3 is 12.4 Å². The van der Waals surface area contributed by atoms with Gasteiger partial charge < -0.3 is 14.8 Å².